The third-order valence-corrected chi connectivity index (χ3v) is 5.41. The number of aromatic nitrogens is 1. The SMILES string of the molecule is CCOC(=O)c1cccc(NC(=O)c2cc3cc4ccc(OC)cc4nc3s2)c1. The van der Waals surface area contributed by atoms with Crippen molar-refractivity contribution in [2.24, 2.45) is 0 Å². The molecular weight excluding hydrogens is 388 g/mol. The Labute approximate surface area is 171 Å². The third-order valence-electron chi connectivity index (χ3n) is 4.37. The van der Waals surface area contributed by atoms with Gasteiger partial charge >= 0.3 is 5.97 Å². The van der Waals surface area contributed by atoms with Gasteiger partial charge in [0.1, 0.15) is 10.6 Å². The molecule has 0 aliphatic rings. The Hall–Kier alpha value is -3.45. The summed E-state index contributed by atoms with van der Waals surface area (Å²) in [6.07, 6.45) is 0. The van der Waals surface area contributed by atoms with Gasteiger partial charge < -0.3 is 14.8 Å². The van der Waals surface area contributed by atoms with Crippen LogP contribution in [0.25, 0.3) is 21.1 Å². The van der Waals surface area contributed by atoms with Crippen molar-refractivity contribution < 1.29 is 19.1 Å². The predicted octanol–water partition coefficient (Wildman–Crippen LogP) is 4.89. The van der Waals surface area contributed by atoms with E-state index in [1.54, 1.807) is 38.3 Å². The zero-order valence-corrected chi connectivity index (χ0v) is 16.7. The van der Waals surface area contributed by atoms with Crippen molar-refractivity contribution in [2.75, 3.05) is 19.0 Å². The summed E-state index contributed by atoms with van der Waals surface area (Å²) in [7, 11) is 1.62. The third kappa shape index (κ3) is 3.90. The van der Waals surface area contributed by atoms with E-state index in [1.807, 2.05) is 30.3 Å². The van der Waals surface area contributed by atoms with E-state index in [4.69, 9.17) is 9.47 Å². The van der Waals surface area contributed by atoms with Gasteiger partial charge in [-0.25, -0.2) is 9.78 Å². The molecular formula is C22H18N2O4S. The molecule has 4 rings (SSSR count). The lowest BCUT2D eigenvalue weighted by Gasteiger charge is -2.06. The number of carbonyl (C=O) groups excluding carboxylic acids is 2. The van der Waals surface area contributed by atoms with Gasteiger partial charge in [0.15, 0.2) is 0 Å². The monoisotopic (exact) mass is 406 g/mol. The first-order valence-corrected chi connectivity index (χ1v) is 9.86. The molecule has 0 fully saturated rings. The van der Waals surface area contributed by atoms with Gasteiger partial charge in [0, 0.05) is 22.5 Å². The lowest BCUT2D eigenvalue weighted by Crippen LogP contribution is -2.11. The number of ether oxygens (including phenoxy) is 2. The van der Waals surface area contributed by atoms with E-state index in [-0.39, 0.29) is 5.91 Å². The Balaban J connectivity index is 1.61. The molecule has 0 unspecified atom stereocenters. The summed E-state index contributed by atoms with van der Waals surface area (Å²) in [6, 6.07) is 16.2. The number of pyridine rings is 1. The normalized spacial score (nSPS) is 10.8. The molecule has 2 aromatic heterocycles. The Bertz CT molecular complexity index is 1230. The summed E-state index contributed by atoms with van der Waals surface area (Å²) >= 11 is 1.32. The second kappa shape index (κ2) is 7.89. The maximum absolute atomic E-state index is 12.7. The van der Waals surface area contributed by atoms with E-state index in [1.165, 1.54) is 11.3 Å². The van der Waals surface area contributed by atoms with Crippen LogP contribution in [0.3, 0.4) is 0 Å². The topological polar surface area (TPSA) is 77.5 Å². The highest BCUT2D eigenvalue weighted by molar-refractivity contribution is 7.20. The largest absolute Gasteiger partial charge is 0.497 e. The number of fused-ring (bicyclic) bond motifs is 2. The Kier molecular flexibility index (Phi) is 5.14. The second-order valence-electron chi connectivity index (χ2n) is 6.31. The number of hydrogen-bond acceptors (Lipinski definition) is 6. The molecule has 0 atom stereocenters. The van der Waals surface area contributed by atoms with Crippen molar-refractivity contribution in [3.05, 3.63) is 65.0 Å². The number of nitrogens with zero attached hydrogens (tertiary/aromatic N) is 1. The lowest BCUT2D eigenvalue weighted by molar-refractivity contribution is 0.0526. The number of anilines is 1. The fourth-order valence-corrected chi connectivity index (χ4v) is 3.89. The summed E-state index contributed by atoms with van der Waals surface area (Å²) in [4.78, 5) is 30.6. The van der Waals surface area contributed by atoms with Gasteiger partial charge in [0.2, 0.25) is 0 Å². The van der Waals surface area contributed by atoms with E-state index in [0.29, 0.717) is 22.7 Å². The van der Waals surface area contributed by atoms with Crippen LogP contribution in [0, 0.1) is 0 Å². The number of thiophene rings is 1. The van der Waals surface area contributed by atoms with Crippen LogP contribution in [-0.4, -0.2) is 30.6 Å². The molecule has 0 aliphatic carbocycles. The van der Waals surface area contributed by atoms with Crippen molar-refractivity contribution in [3.8, 4) is 5.75 Å². The van der Waals surface area contributed by atoms with Crippen LogP contribution >= 0.6 is 11.3 Å². The Morgan fingerprint density at radius 2 is 1.93 bits per heavy atom. The number of nitrogens with one attached hydrogen (secondary N) is 1. The van der Waals surface area contributed by atoms with Gasteiger partial charge in [-0.3, -0.25) is 4.79 Å². The van der Waals surface area contributed by atoms with E-state index < -0.39 is 5.97 Å². The van der Waals surface area contributed by atoms with E-state index >= 15 is 0 Å². The summed E-state index contributed by atoms with van der Waals surface area (Å²) in [5.41, 5.74) is 1.73. The maximum atomic E-state index is 12.7. The first-order valence-electron chi connectivity index (χ1n) is 9.04. The first-order chi connectivity index (χ1) is 14.1. The van der Waals surface area contributed by atoms with Crippen molar-refractivity contribution in [1.29, 1.82) is 0 Å². The highest BCUT2D eigenvalue weighted by Crippen LogP contribution is 2.29. The predicted molar refractivity (Wildman–Crippen MR) is 114 cm³/mol. The maximum Gasteiger partial charge on any atom is 0.338 e. The van der Waals surface area contributed by atoms with E-state index in [2.05, 4.69) is 10.3 Å². The van der Waals surface area contributed by atoms with Crippen LogP contribution in [0.2, 0.25) is 0 Å². The Morgan fingerprint density at radius 3 is 2.72 bits per heavy atom. The van der Waals surface area contributed by atoms with Gasteiger partial charge in [-0.1, -0.05) is 6.07 Å². The van der Waals surface area contributed by atoms with Crippen LogP contribution < -0.4 is 10.1 Å². The van der Waals surface area contributed by atoms with Crippen LogP contribution in [0.1, 0.15) is 27.0 Å². The first kappa shape index (κ1) is 18.9. The van der Waals surface area contributed by atoms with Crippen molar-refractivity contribution in [3.63, 3.8) is 0 Å². The van der Waals surface area contributed by atoms with Crippen molar-refractivity contribution in [1.82, 2.24) is 4.98 Å². The molecule has 0 radical (unpaired) electrons. The van der Waals surface area contributed by atoms with Gasteiger partial charge in [-0.15, -0.1) is 11.3 Å². The van der Waals surface area contributed by atoms with Gasteiger partial charge in [-0.05, 0) is 49.4 Å². The van der Waals surface area contributed by atoms with Crippen molar-refractivity contribution >= 4 is 50.0 Å². The minimum atomic E-state index is -0.420. The minimum Gasteiger partial charge on any atom is -0.497 e. The molecule has 0 bridgehead atoms. The zero-order chi connectivity index (χ0) is 20.4. The van der Waals surface area contributed by atoms with Crippen LogP contribution in [0.15, 0.2) is 54.6 Å². The number of hydrogen-bond donors (Lipinski definition) is 1. The molecule has 0 aliphatic heterocycles. The molecule has 0 saturated heterocycles. The minimum absolute atomic E-state index is 0.254. The van der Waals surface area contributed by atoms with Gasteiger partial charge in [-0.2, -0.15) is 0 Å². The molecule has 1 N–H and O–H groups in total. The fourth-order valence-electron chi connectivity index (χ4n) is 2.98. The number of benzene rings is 2. The summed E-state index contributed by atoms with van der Waals surface area (Å²) in [5, 5.41) is 4.71. The Morgan fingerprint density at radius 1 is 1.07 bits per heavy atom. The number of esters is 1. The quantitative estimate of drug-likeness (QED) is 0.478. The van der Waals surface area contributed by atoms with E-state index in [0.717, 1.165) is 26.9 Å². The van der Waals surface area contributed by atoms with Gasteiger partial charge in [0.05, 0.1) is 29.7 Å². The highest BCUT2D eigenvalue weighted by Gasteiger charge is 2.14. The second-order valence-corrected chi connectivity index (χ2v) is 7.34. The number of rotatable bonds is 5. The lowest BCUT2D eigenvalue weighted by atomic mass is 10.2. The molecule has 0 saturated carbocycles. The van der Waals surface area contributed by atoms with Crippen molar-refractivity contribution in [2.45, 2.75) is 6.92 Å². The zero-order valence-electron chi connectivity index (χ0n) is 15.9. The van der Waals surface area contributed by atoms with Gasteiger partial charge in [0.25, 0.3) is 5.91 Å². The molecule has 7 heteroatoms. The van der Waals surface area contributed by atoms with E-state index in [9.17, 15) is 9.59 Å². The molecule has 1 amide bonds. The standard InChI is InChI=1S/C22H18N2O4S/c1-3-28-22(26)14-5-4-6-16(10-14)23-20(25)19-11-15-9-13-7-8-17(27-2)12-18(13)24-21(15)29-19/h4-12H,3H2,1-2H3,(H,23,25). The molecule has 6 nitrogen and oxygen atoms in total. The molecule has 146 valence electrons. The molecule has 2 heterocycles. The van der Waals surface area contributed by atoms with Crippen LogP contribution in [-0.2, 0) is 4.74 Å². The van der Waals surface area contributed by atoms with Crippen LogP contribution in [0.4, 0.5) is 5.69 Å². The van der Waals surface area contributed by atoms with Crippen LogP contribution in [0.5, 0.6) is 5.75 Å². The molecule has 29 heavy (non-hydrogen) atoms. The summed E-state index contributed by atoms with van der Waals surface area (Å²) < 4.78 is 10.3. The number of methoxy groups -OCH3 is 1. The highest BCUT2D eigenvalue weighted by atomic mass is 32.1. The molecule has 4 aromatic rings. The number of carbonyl (C=O) groups is 2. The summed E-state index contributed by atoms with van der Waals surface area (Å²) in [5.74, 6) is 0.0628. The molecule has 0 spiro atoms. The summed E-state index contributed by atoms with van der Waals surface area (Å²) in [6.45, 7) is 2.04. The molecule has 2 aromatic carbocycles. The average molecular weight is 406 g/mol. The average Bonchev–Trinajstić information content (AvgIpc) is 3.15. The fraction of sp³-hybridized carbons (Fsp3) is 0.136. The smallest absolute Gasteiger partial charge is 0.338 e. The number of amides is 1.